The molecular formula is C13H13FN2O3. The summed E-state index contributed by atoms with van der Waals surface area (Å²) in [6.07, 6.45) is 1.24. The highest BCUT2D eigenvalue weighted by Gasteiger charge is 2.30. The normalized spacial score (nSPS) is 18.1. The molecule has 1 aliphatic heterocycles. The summed E-state index contributed by atoms with van der Waals surface area (Å²) in [4.78, 5) is 23.1. The summed E-state index contributed by atoms with van der Waals surface area (Å²) in [5.74, 6) is -1.09. The van der Waals surface area contributed by atoms with Crippen LogP contribution in [-0.4, -0.2) is 18.6 Å². The van der Waals surface area contributed by atoms with Crippen LogP contribution in [0, 0.1) is 5.82 Å². The zero-order valence-electron chi connectivity index (χ0n) is 10.3. The Morgan fingerprint density at radius 1 is 1.42 bits per heavy atom. The molecule has 2 N–H and O–H groups in total. The van der Waals surface area contributed by atoms with Gasteiger partial charge in [0.1, 0.15) is 5.82 Å². The minimum Gasteiger partial charge on any atom is -0.463 e. The van der Waals surface area contributed by atoms with Crippen LogP contribution in [0.3, 0.4) is 0 Å². The van der Waals surface area contributed by atoms with E-state index in [0.29, 0.717) is 0 Å². The van der Waals surface area contributed by atoms with Crippen LogP contribution in [0.15, 0.2) is 36.0 Å². The first kappa shape index (κ1) is 13.1. The van der Waals surface area contributed by atoms with Crippen molar-refractivity contribution in [3.05, 3.63) is 47.4 Å². The van der Waals surface area contributed by atoms with Crippen LogP contribution >= 0.6 is 0 Å². The Labute approximate surface area is 109 Å². The van der Waals surface area contributed by atoms with Crippen molar-refractivity contribution in [2.45, 2.75) is 13.0 Å². The van der Waals surface area contributed by atoms with Gasteiger partial charge in [0, 0.05) is 11.8 Å². The molecule has 0 spiro atoms. The fraction of sp³-hybridized carbons (Fsp3) is 0.231. The molecule has 1 aromatic rings. The lowest BCUT2D eigenvalue weighted by atomic mass is 9.98. The average molecular weight is 264 g/mol. The van der Waals surface area contributed by atoms with Crippen molar-refractivity contribution in [1.82, 2.24) is 10.6 Å². The van der Waals surface area contributed by atoms with E-state index >= 15 is 0 Å². The van der Waals surface area contributed by atoms with Crippen LogP contribution in [-0.2, 0) is 9.53 Å². The maximum atomic E-state index is 13.8. The maximum Gasteiger partial charge on any atom is 0.337 e. The molecule has 0 unspecified atom stereocenters. The highest BCUT2D eigenvalue weighted by molar-refractivity contribution is 5.93. The van der Waals surface area contributed by atoms with Gasteiger partial charge in [0.2, 0.25) is 0 Å². The fourth-order valence-corrected chi connectivity index (χ4v) is 1.82. The van der Waals surface area contributed by atoms with Crippen molar-refractivity contribution in [1.29, 1.82) is 0 Å². The van der Waals surface area contributed by atoms with Gasteiger partial charge in [-0.3, -0.25) is 0 Å². The van der Waals surface area contributed by atoms with Crippen LogP contribution in [0.25, 0.3) is 0 Å². The summed E-state index contributed by atoms with van der Waals surface area (Å²) >= 11 is 0. The molecule has 0 saturated heterocycles. The Kier molecular flexibility index (Phi) is 3.79. The second-order valence-corrected chi connectivity index (χ2v) is 3.89. The average Bonchev–Trinajstić information content (AvgIpc) is 2.39. The number of urea groups is 1. The predicted octanol–water partition coefficient (Wildman–Crippen LogP) is 1.63. The molecule has 0 saturated carbocycles. The topological polar surface area (TPSA) is 67.4 Å². The minimum atomic E-state index is -0.853. The van der Waals surface area contributed by atoms with E-state index in [1.54, 1.807) is 13.0 Å². The number of hydrogen-bond acceptors (Lipinski definition) is 3. The number of amides is 2. The molecule has 0 radical (unpaired) electrons. The maximum absolute atomic E-state index is 13.8. The van der Waals surface area contributed by atoms with Crippen LogP contribution in [0.5, 0.6) is 0 Å². The van der Waals surface area contributed by atoms with Gasteiger partial charge in [-0.1, -0.05) is 18.2 Å². The van der Waals surface area contributed by atoms with E-state index in [9.17, 15) is 14.0 Å². The van der Waals surface area contributed by atoms with Crippen molar-refractivity contribution in [3.8, 4) is 0 Å². The summed E-state index contributed by atoms with van der Waals surface area (Å²) in [6, 6.07) is 4.60. The third-order valence-corrected chi connectivity index (χ3v) is 2.67. The number of halogens is 1. The molecule has 1 aromatic carbocycles. The molecule has 19 heavy (non-hydrogen) atoms. The second-order valence-electron chi connectivity index (χ2n) is 3.89. The van der Waals surface area contributed by atoms with Crippen molar-refractivity contribution >= 4 is 12.0 Å². The number of nitrogens with one attached hydrogen (secondary N) is 2. The van der Waals surface area contributed by atoms with Gasteiger partial charge in [-0.25, -0.2) is 14.0 Å². The van der Waals surface area contributed by atoms with Crippen molar-refractivity contribution in [2.75, 3.05) is 6.61 Å². The van der Waals surface area contributed by atoms with E-state index < -0.39 is 23.9 Å². The zero-order chi connectivity index (χ0) is 13.8. The highest BCUT2D eigenvalue weighted by atomic mass is 19.1. The van der Waals surface area contributed by atoms with Crippen molar-refractivity contribution in [2.24, 2.45) is 0 Å². The molecule has 1 aliphatic rings. The summed E-state index contributed by atoms with van der Waals surface area (Å²) < 4.78 is 18.7. The first-order valence-corrected chi connectivity index (χ1v) is 5.82. The number of carbonyl (C=O) groups excluding carboxylic acids is 2. The van der Waals surface area contributed by atoms with E-state index in [-0.39, 0.29) is 17.7 Å². The molecule has 0 aliphatic carbocycles. The van der Waals surface area contributed by atoms with Crippen LogP contribution < -0.4 is 10.6 Å². The SMILES string of the molecule is CCOC(=O)C1=CNC(=O)N[C@@H]1c1ccccc1F. The van der Waals surface area contributed by atoms with Crippen molar-refractivity contribution in [3.63, 3.8) is 0 Å². The van der Waals surface area contributed by atoms with E-state index in [1.807, 2.05) is 0 Å². The van der Waals surface area contributed by atoms with Crippen LogP contribution in [0.4, 0.5) is 9.18 Å². The van der Waals surface area contributed by atoms with Crippen LogP contribution in [0.1, 0.15) is 18.5 Å². The molecule has 2 amide bonds. The molecule has 6 heteroatoms. The van der Waals surface area contributed by atoms with Crippen molar-refractivity contribution < 1.29 is 18.7 Å². The first-order chi connectivity index (χ1) is 9.13. The van der Waals surface area contributed by atoms with Gasteiger partial charge < -0.3 is 15.4 Å². The molecule has 100 valence electrons. The van der Waals surface area contributed by atoms with Gasteiger partial charge in [-0.15, -0.1) is 0 Å². The molecule has 0 aromatic heterocycles. The molecule has 0 bridgehead atoms. The summed E-state index contributed by atoms with van der Waals surface area (Å²) in [5, 5.41) is 4.86. The third-order valence-electron chi connectivity index (χ3n) is 2.67. The van der Waals surface area contributed by atoms with E-state index in [1.165, 1.54) is 24.4 Å². The number of ether oxygens (including phenoxy) is 1. The number of carbonyl (C=O) groups is 2. The third kappa shape index (κ3) is 2.73. The van der Waals surface area contributed by atoms with E-state index in [4.69, 9.17) is 4.74 Å². The van der Waals surface area contributed by atoms with E-state index in [0.717, 1.165) is 0 Å². The number of benzene rings is 1. The number of esters is 1. The molecule has 1 atom stereocenters. The lowest BCUT2D eigenvalue weighted by Gasteiger charge is -2.25. The second kappa shape index (κ2) is 5.51. The number of rotatable bonds is 3. The Balaban J connectivity index is 2.38. The Morgan fingerprint density at radius 3 is 2.84 bits per heavy atom. The zero-order valence-corrected chi connectivity index (χ0v) is 10.3. The van der Waals surface area contributed by atoms with Gasteiger partial charge in [-0.2, -0.15) is 0 Å². The summed E-state index contributed by atoms with van der Waals surface area (Å²) in [6.45, 7) is 1.87. The monoisotopic (exact) mass is 264 g/mol. The lowest BCUT2D eigenvalue weighted by Crippen LogP contribution is -2.43. The summed E-state index contributed by atoms with van der Waals surface area (Å²) in [7, 11) is 0. The Hall–Kier alpha value is -2.37. The Bertz CT molecular complexity index is 542. The first-order valence-electron chi connectivity index (χ1n) is 5.82. The molecule has 1 heterocycles. The van der Waals surface area contributed by atoms with Crippen LogP contribution in [0.2, 0.25) is 0 Å². The van der Waals surface area contributed by atoms with Gasteiger partial charge in [-0.05, 0) is 13.0 Å². The van der Waals surface area contributed by atoms with Gasteiger partial charge in [0.15, 0.2) is 0 Å². The largest absolute Gasteiger partial charge is 0.463 e. The van der Waals surface area contributed by atoms with E-state index in [2.05, 4.69) is 10.6 Å². The summed E-state index contributed by atoms with van der Waals surface area (Å²) in [5.41, 5.74) is 0.378. The lowest BCUT2D eigenvalue weighted by molar-refractivity contribution is -0.139. The minimum absolute atomic E-state index is 0.159. The fourth-order valence-electron chi connectivity index (χ4n) is 1.82. The molecule has 2 rings (SSSR count). The van der Waals surface area contributed by atoms with Gasteiger partial charge in [0.25, 0.3) is 0 Å². The molecular weight excluding hydrogens is 251 g/mol. The highest BCUT2D eigenvalue weighted by Crippen LogP contribution is 2.26. The van der Waals surface area contributed by atoms with Gasteiger partial charge in [0.05, 0.1) is 18.2 Å². The smallest absolute Gasteiger partial charge is 0.337 e. The molecule has 5 nitrogen and oxygen atoms in total. The Morgan fingerprint density at radius 2 is 2.16 bits per heavy atom. The quantitative estimate of drug-likeness (QED) is 0.815. The van der Waals surface area contributed by atoms with Gasteiger partial charge >= 0.3 is 12.0 Å². The molecule has 0 fully saturated rings. The standard InChI is InChI=1S/C13H13FN2O3/c1-2-19-12(17)9-7-15-13(18)16-11(9)8-5-3-4-6-10(8)14/h3-7,11H,2H2,1H3,(H2,15,16,18)/t11-/m1/s1. The number of hydrogen-bond donors (Lipinski definition) is 2. The predicted molar refractivity (Wildman–Crippen MR) is 65.5 cm³/mol.